The third kappa shape index (κ3) is 2.61. The first-order valence-corrected chi connectivity index (χ1v) is 6.62. The number of carbonyl (C=O) groups excluding carboxylic acids is 1. The Labute approximate surface area is 110 Å². The van der Waals surface area contributed by atoms with Crippen LogP contribution in [-0.2, 0) is 33.2 Å². The molecule has 19 heavy (non-hydrogen) atoms. The van der Waals surface area contributed by atoms with E-state index in [4.69, 9.17) is 28.4 Å². The number of carbonyl (C=O) groups is 1. The number of fused-ring (bicyclic) bond motifs is 2. The van der Waals surface area contributed by atoms with Gasteiger partial charge in [-0.05, 0) is 0 Å². The van der Waals surface area contributed by atoms with Crippen LogP contribution < -0.4 is 0 Å². The Kier molecular flexibility index (Phi) is 2.96. The smallest absolute Gasteiger partial charge is 0.338 e. The molecule has 6 atom stereocenters. The number of epoxide rings is 2. The molecule has 0 amide bonds. The van der Waals surface area contributed by atoms with Gasteiger partial charge in [0.1, 0.15) is 12.2 Å². The van der Waals surface area contributed by atoms with E-state index in [1.54, 1.807) is 0 Å². The molecule has 4 heterocycles. The minimum absolute atomic E-state index is 0.0733. The molecule has 0 spiro atoms. The summed E-state index contributed by atoms with van der Waals surface area (Å²) in [5.41, 5.74) is 0. The van der Waals surface area contributed by atoms with Crippen LogP contribution in [0.2, 0.25) is 0 Å². The molecule has 0 aromatic heterocycles. The maximum absolute atomic E-state index is 11.6. The second-order valence-electron chi connectivity index (χ2n) is 5.24. The van der Waals surface area contributed by atoms with Gasteiger partial charge in [0.15, 0.2) is 18.5 Å². The predicted octanol–water partition coefficient (Wildman–Crippen LogP) is -0.774. The Hall–Kier alpha value is -0.730. The molecule has 7 nitrogen and oxygen atoms in total. The quantitative estimate of drug-likeness (QED) is 0.480. The Bertz CT molecular complexity index is 365. The van der Waals surface area contributed by atoms with Gasteiger partial charge >= 0.3 is 5.97 Å². The van der Waals surface area contributed by atoms with Crippen molar-refractivity contribution in [1.29, 1.82) is 0 Å². The number of ether oxygens (including phenoxy) is 6. The number of esters is 1. The number of rotatable bonds is 5. The normalized spacial score (nSPS) is 46.9. The van der Waals surface area contributed by atoms with Crippen molar-refractivity contribution < 1.29 is 33.2 Å². The molecule has 0 radical (unpaired) electrons. The fourth-order valence-electron chi connectivity index (χ4n) is 2.41. The fraction of sp³-hybridized carbons (Fsp3) is 0.917. The second kappa shape index (κ2) is 4.68. The average molecular weight is 272 g/mol. The molecule has 0 N–H and O–H groups in total. The summed E-state index contributed by atoms with van der Waals surface area (Å²) < 4.78 is 32.3. The lowest BCUT2D eigenvalue weighted by molar-refractivity contribution is -0.210. The largest absolute Gasteiger partial charge is 0.455 e. The Balaban J connectivity index is 1.35. The Morgan fingerprint density at radius 1 is 1.11 bits per heavy atom. The van der Waals surface area contributed by atoms with Gasteiger partial charge < -0.3 is 28.4 Å². The van der Waals surface area contributed by atoms with E-state index < -0.39 is 18.5 Å². The maximum Gasteiger partial charge on any atom is 0.338 e. The topological polar surface area (TPSA) is 79.1 Å². The number of hydrogen-bond acceptors (Lipinski definition) is 7. The zero-order chi connectivity index (χ0) is 12.8. The van der Waals surface area contributed by atoms with Gasteiger partial charge in [-0.25, -0.2) is 4.79 Å². The SMILES string of the molecule is O=C(OC1CC(OCC2CO2)C2COC1O2)C1CO1. The van der Waals surface area contributed by atoms with Gasteiger partial charge in [-0.3, -0.25) is 0 Å². The highest BCUT2D eigenvalue weighted by molar-refractivity contribution is 5.77. The van der Waals surface area contributed by atoms with E-state index in [-0.39, 0.29) is 24.3 Å². The Morgan fingerprint density at radius 3 is 2.68 bits per heavy atom. The van der Waals surface area contributed by atoms with Crippen LogP contribution in [0.1, 0.15) is 6.42 Å². The van der Waals surface area contributed by atoms with Crippen LogP contribution in [0, 0.1) is 0 Å². The molecule has 106 valence electrons. The molecular formula is C12H16O7. The first-order chi connectivity index (χ1) is 9.29. The van der Waals surface area contributed by atoms with Crippen molar-refractivity contribution in [2.45, 2.75) is 43.2 Å². The van der Waals surface area contributed by atoms with Crippen LogP contribution in [0.5, 0.6) is 0 Å². The number of hydrogen-bond donors (Lipinski definition) is 0. The van der Waals surface area contributed by atoms with E-state index in [1.165, 1.54) is 0 Å². The first-order valence-electron chi connectivity index (χ1n) is 6.62. The lowest BCUT2D eigenvalue weighted by atomic mass is 10.0. The van der Waals surface area contributed by atoms with Gasteiger partial charge in [0, 0.05) is 6.42 Å². The molecule has 4 saturated heterocycles. The summed E-state index contributed by atoms with van der Waals surface area (Å²) in [6.45, 7) is 2.24. The van der Waals surface area contributed by atoms with Crippen molar-refractivity contribution in [3.63, 3.8) is 0 Å². The molecule has 4 fully saturated rings. The van der Waals surface area contributed by atoms with Gasteiger partial charge in [0.25, 0.3) is 0 Å². The zero-order valence-corrected chi connectivity index (χ0v) is 10.4. The molecule has 4 rings (SSSR count). The average Bonchev–Trinajstić information content (AvgIpc) is 3.30. The summed E-state index contributed by atoms with van der Waals surface area (Å²) in [5, 5.41) is 0. The van der Waals surface area contributed by atoms with Gasteiger partial charge in [-0.2, -0.15) is 0 Å². The highest BCUT2D eigenvalue weighted by atomic mass is 16.8. The molecule has 4 aliphatic heterocycles. The third-order valence-electron chi connectivity index (χ3n) is 3.68. The highest BCUT2D eigenvalue weighted by Gasteiger charge is 2.48. The van der Waals surface area contributed by atoms with E-state index in [1.807, 2.05) is 0 Å². The molecule has 4 aliphatic rings. The molecule has 7 heteroatoms. The lowest BCUT2D eigenvalue weighted by Gasteiger charge is -2.32. The van der Waals surface area contributed by atoms with Crippen molar-refractivity contribution in [3.8, 4) is 0 Å². The van der Waals surface area contributed by atoms with Crippen LogP contribution in [0.3, 0.4) is 0 Å². The van der Waals surface area contributed by atoms with Crippen molar-refractivity contribution in [1.82, 2.24) is 0 Å². The summed E-state index contributed by atoms with van der Waals surface area (Å²) in [5.74, 6) is -0.341. The fourth-order valence-corrected chi connectivity index (χ4v) is 2.41. The van der Waals surface area contributed by atoms with Gasteiger partial charge in [-0.15, -0.1) is 0 Å². The van der Waals surface area contributed by atoms with E-state index in [0.29, 0.717) is 26.2 Å². The van der Waals surface area contributed by atoms with Crippen LogP contribution in [-0.4, -0.2) is 69.2 Å². The lowest BCUT2D eigenvalue weighted by Crippen LogP contribution is -2.46. The molecule has 0 saturated carbocycles. The summed E-state index contributed by atoms with van der Waals surface area (Å²) in [6, 6.07) is 0. The van der Waals surface area contributed by atoms with Crippen LogP contribution in [0.4, 0.5) is 0 Å². The van der Waals surface area contributed by atoms with E-state index in [0.717, 1.165) is 6.61 Å². The van der Waals surface area contributed by atoms with Gasteiger partial charge in [-0.1, -0.05) is 0 Å². The van der Waals surface area contributed by atoms with Crippen molar-refractivity contribution in [2.75, 3.05) is 26.4 Å². The molecule has 6 unspecified atom stereocenters. The maximum atomic E-state index is 11.6. The Morgan fingerprint density at radius 2 is 1.95 bits per heavy atom. The monoisotopic (exact) mass is 272 g/mol. The van der Waals surface area contributed by atoms with Crippen molar-refractivity contribution in [2.24, 2.45) is 0 Å². The molecule has 2 bridgehead atoms. The summed E-state index contributed by atoms with van der Waals surface area (Å²) in [4.78, 5) is 11.6. The van der Waals surface area contributed by atoms with Crippen molar-refractivity contribution >= 4 is 5.97 Å². The molecular weight excluding hydrogens is 256 g/mol. The molecule has 0 aromatic carbocycles. The first kappa shape index (κ1) is 12.0. The summed E-state index contributed by atoms with van der Waals surface area (Å²) >= 11 is 0. The standard InChI is InChI=1S/C12H16O7/c13-11(10-5-16-10)18-8-1-7(15-3-6-2-14-6)9-4-17-12(8)19-9/h6-10,12H,1-5H2. The molecule has 0 aliphatic carbocycles. The third-order valence-corrected chi connectivity index (χ3v) is 3.68. The van der Waals surface area contributed by atoms with E-state index in [2.05, 4.69) is 0 Å². The van der Waals surface area contributed by atoms with Crippen molar-refractivity contribution in [3.05, 3.63) is 0 Å². The predicted molar refractivity (Wildman–Crippen MR) is 58.3 cm³/mol. The van der Waals surface area contributed by atoms with Crippen LogP contribution >= 0.6 is 0 Å². The van der Waals surface area contributed by atoms with Crippen LogP contribution in [0.15, 0.2) is 0 Å². The minimum Gasteiger partial charge on any atom is -0.455 e. The highest BCUT2D eigenvalue weighted by Crippen LogP contribution is 2.32. The summed E-state index contributed by atoms with van der Waals surface area (Å²) in [7, 11) is 0. The molecule has 0 aromatic rings. The minimum atomic E-state index is -0.468. The summed E-state index contributed by atoms with van der Waals surface area (Å²) in [6.07, 6.45) is -0.665. The zero-order valence-electron chi connectivity index (χ0n) is 10.4. The van der Waals surface area contributed by atoms with Crippen LogP contribution in [0.25, 0.3) is 0 Å². The van der Waals surface area contributed by atoms with E-state index >= 15 is 0 Å². The van der Waals surface area contributed by atoms with E-state index in [9.17, 15) is 4.79 Å². The second-order valence-corrected chi connectivity index (χ2v) is 5.24. The van der Waals surface area contributed by atoms with Gasteiger partial charge in [0.2, 0.25) is 0 Å². The van der Waals surface area contributed by atoms with Gasteiger partial charge in [0.05, 0.1) is 32.5 Å².